The average Bonchev–Trinajstić information content (AvgIpc) is 1.98. The molecule has 0 radical (unpaired) electrons. The Morgan fingerprint density at radius 3 is 2.64 bits per heavy atom. The van der Waals surface area contributed by atoms with E-state index in [0.717, 1.165) is 13.1 Å². The molecule has 3 nitrogen and oxygen atoms in total. The summed E-state index contributed by atoms with van der Waals surface area (Å²) in [7, 11) is 3.67. The average molecular weight is 223 g/mol. The Labute approximate surface area is 76.3 Å². The van der Waals surface area contributed by atoms with Crippen LogP contribution in [0, 0.1) is 0 Å². The minimum Gasteiger partial charge on any atom is -0.344 e. The SMILES string of the molecule is CNCCN(C)C(=O)C(C)Br. The maximum absolute atomic E-state index is 11.2. The van der Waals surface area contributed by atoms with Gasteiger partial charge in [0.2, 0.25) is 5.91 Å². The molecule has 0 aromatic rings. The number of carbonyl (C=O) groups is 1. The van der Waals surface area contributed by atoms with E-state index in [1.807, 2.05) is 14.0 Å². The van der Waals surface area contributed by atoms with Crippen LogP contribution in [0.15, 0.2) is 0 Å². The van der Waals surface area contributed by atoms with E-state index in [9.17, 15) is 4.79 Å². The lowest BCUT2D eigenvalue weighted by Gasteiger charge is -2.17. The second-order valence-electron chi connectivity index (χ2n) is 2.48. The number of rotatable bonds is 4. The summed E-state index contributed by atoms with van der Waals surface area (Å²) >= 11 is 3.22. The summed E-state index contributed by atoms with van der Waals surface area (Å²) in [6, 6.07) is 0. The highest BCUT2D eigenvalue weighted by atomic mass is 79.9. The molecule has 1 atom stereocenters. The zero-order valence-electron chi connectivity index (χ0n) is 7.22. The number of nitrogens with one attached hydrogen (secondary N) is 1. The number of carbonyl (C=O) groups excluding carboxylic acids is 1. The molecule has 0 spiro atoms. The van der Waals surface area contributed by atoms with Crippen LogP contribution in [0.25, 0.3) is 0 Å². The molecular formula is C7H15BrN2O. The molecule has 0 saturated heterocycles. The topological polar surface area (TPSA) is 32.3 Å². The van der Waals surface area contributed by atoms with Crippen molar-refractivity contribution in [3.05, 3.63) is 0 Å². The van der Waals surface area contributed by atoms with E-state index in [1.165, 1.54) is 0 Å². The summed E-state index contributed by atoms with van der Waals surface area (Å²) in [5.41, 5.74) is 0. The van der Waals surface area contributed by atoms with Gasteiger partial charge in [0, 0.05) is 20.1 Å². The van der Waals surface area contributed by atoms with Crippen LogP contribution >= 0.6 is 15.9 Å². The van der Waals surface area contributed by atoms with Crippen molar-refractivity contribution in [2.75, 3.05) is 27.2 Å². The highest BCUT2D eigenvalue weighted by Gasteiger charge is 2.12. The van der Waals surface area contributed by atoms with Gasteiger partial charge in [-0.15, -0.1) is 0 Å². The molecule has 0 aliphatic heterocycles. The zero-order valence-corrected chi connectivity index (χ0v) is 8.81. The van der Waals surface area contributed by atoms with Crippen LogP contribution in [0.3, 0.4) is 0 Å². The summed E-state index contributed by atoms with van der Waals surface area (Å²) in [6.07, 6.45) is 0. The van der Waals surface area contributed by atoms with Gasteiger partial charge in [-0.2, -0.15) is 0 Å². The van der Waals surface area contributed by atoms with Crippen LogP contribution < -0.4 is 5.32 Å². The highest BCUT2D eigenvalue weighted by Crippen LogP contribution is 2.01. The van der Waals surface area contributed by atoms with E-state index < -0.39 is 0 Å². The summed E-state index contributed by atoms with van der Waals surface area (Å²) in [5, 5.41) is 2.98. The highest BCUT2D eigenvalue weighted by molar-refractivity contribution is 9.10. The van der Waals surface area contributed by atoms with Crippen LogP contribution in [-0.4, -0.2) is 42.8 Å². The third-order valence-electron chi connectivity index (χ3n) is 1.41. The Balaban J connectivity index is 3.64. The Morgan fingerprint density at radius 2 is 2.27 bits per heavy atom. The van der Waals surface area contributed by atoms with Gasteiger partial charge >= 0.3 is 0 Å². The number of amides is 1. The third-order valence-corrected chi connectivity index (χ3v) is 1.81. The number of nitrogens with zero attached hydrogens (tertiary/aromatic N) is 1. The molecule has 0 saturated carbocycles. The van der Waals surface area contributed by atoms with Crippen molar-refractivity contribution in [1.29, 1.82) is 0 Å². The fourth-order valence-corrected chi connectivity index (χ4v) is 1.04. The third kappa shape index (κ3) is 4.37. The summed E-state index contributed by atoms with van der Waals surface area (Å²) in [6.45, 7) is 3.42. The first-order valence-electron chi connectivity index (χ1n) is 3.63. The van der Waals surface area contributed by atoms with E-state index in [-0.39, 0.29) is 10.7 Å². The molecule has 1 N–H and O–H groups in total. The van der Waals surface area contributed by atoms with Crippen molar-refractivity contribution in [2.24, 2.45) is 0 Å². The Kier molecular flexibility index (Phi) is 5.50. The van der Waals surface area contributed by atoms with E-state index in [4.69, 9.17) is 0 Å². The van der Waals surface area contributed by atoms with Gasteiger partial charge in [-0.1, -0.05) is 15.9 Å². The molecule has 0 aromatic heterocycles. The summed E-state index contributed by atoms with van der Waals surface area (Å²) in [5.74, 6) is 0.125. The first kappa shape index (κ1) is 10.9. The molecule has 0 rings (SSSR count). The van der Waals surface area contributed by atoms with Crippen molar-refractivity contribution >= 4 is 21.8 Å². The minimum absolute atomic E-state index is 0.0793. The molecule has 1 amide bonds. The second kappa shape index (κ2) is 5.55. The maximum Gasteiger partial charge on any atom is 0.235 e. The molecule has 0 fully saturated rings. The van der Waals surface area contributed by atoms with Crippen LogP contribution in [-0.2, 0) is 4.79 Å². The van der Waals surface area contributed by atoms with Gasteiger partial charge in [-0.3, -0.25) is 4.79 Å². The van der Waals surface area contributed by atoms with Gasteiger partial charge < -0.3 is 10.2 Å². The smallest absolute Gasteiger partial charge is 0.235 e. The van der Waals surface area contributed by atoms with E-state index >= 15 is 0 Å². The summed E-state index contributed by atoms with van der Waals surface area (Å²) in [4.78, 5) is 12.8. The second-order valence-corrected chi connectivity index (χ2v) is 3.85. The molecule has 1 unspecified atom stereocenters. The number of hydrogen-bond donors (Lipinski definition) is 1. The Bertz CT molecular complexity index is 128. The van der Waals surface area contributed by atoms with Gasteiger partial charge in [0.15, 0.2) is 0 Å². The Hall–Kier alpha value is -0.0900. The molecule has 66 valence electrons. The van der Waals surface area contributed by atoms with Gasteiger partial charge in [0.1, 0.15) is 0 Å². The van der Waals surface area contributed by atoms with Gasteiger partial charge in [-0.25, -0.2) is 0 Å². The standard InChI is InChI=1S/C7H15BrN2O/c1-6(8)7(11)10(3)5-4-9-2/h6,9H,4-5H2,1-3H3. The zero-order chi connectivity index (χ0) is 8.85. The van der Waals surface area contributed by atoms with Crippen molar-refractivity contribution in [3.63, 3.8) is 0 Å². The van der Waals surface area contributed by atoms with E-state index in [0.29, 0.717) is 0 Å². The molecular weight excluding hydrogens is 208 g/mol. The van der Waals surface area contributed by atoms with Crippen molar-refractivity contribution < 1.29 is 4.79 Å². The quantitative estimate of drug-likeness (QED) is 0.702. The van der Waals surface area contributed by atoms with Crippen LogP contribution in [0.4, 0.5) is 0 Å². The lowest BCUT2D eigenvalue weighted by molar-refractivity contribution is -0.128. The van der Waals surface area contributed by atoms with Crippen LogP contribution in [0.2, 0.25) is 0 Å². The van der Waals surface area contributed by atoms with Crippen molar-refractivity contribution in [2.45, 2.75) is 11.8 Å². The number of likely N-dealkylation sites (N-methyl/N-ethyl adjacent to an activating group) is 2. The molecule has 0 bridgehead atoms. The van der Waals surface area contributed by atoms with Crippen LogP contribution in [0.5, 0.6) is 0 Å². The lowest BCUT2D eigenvalue weighted by Crippen LogP contribution is -2.36. The first-order chi connectivity index (χ1) is 5.09. The van der Waals surface area contributed by atoms with E-state index in [1.54, 1.807) is 11.9 Å². The number of alkyl halides is 1. The fourth-order valence-electron chi connectivity index (χ4n) is 0.693. The summed E-state index contributed by atoms with van der Waals surface area (Å²) < 4.78 is 0. The maximum atomic E-state index is 11.2. The molecule has 4 heteroatoms. The molecule has 0 aliphatic rings. The van der Waals surface area contributed by atoms with Gasteiger partial charge in [0.25, 0.3) is 0 Å². The molecule has 0 aromatic carbocycles. The van der Waals surface area contributed by atoms with E-state index in [2.05, 4.69) is 21.2 Å². The Morgan fingerprint density at radius 1 is 1.73 bits per heavy atom. The monoisotopic (exact) mass is 222 g/mol. The predicted molar refractivity (Wildman–Crippen MR) is 50.0 cm³/mol. The van der Waals surface area contributed by atoms with Crippen molar-refractivity contribution in [1.82, 2.24) is 10.2 Å². The lowest BCUT2D eigenvalue weighted by atomic mass is 10.4. The van der Waals surface area contributed by atoms with Gasteiger partial charge in [-0.05, 0) is 14.0 Å². The molecule has 11 heavy (non-hydrogen) atoms. The normalized spacial score (nSPS) is 12.7. The first-order valence-corrected chi connectivity index (χ1v) is 4.54. The number of hydrogen-bond acceptors (Lipinski definition) is 2. The predicted octanol–water partition coefficient (Wildman–Crippen LogP) is 0.448. The minimum atomic E-state index is -0.0793. The van der Waals surface area contributed by atoms with Crippen LogP contribution in [0.1, 0.15) is 6.92 Å². The fraction of sp³-hybridized carbons (Fsp3) is 0.857. The number of halogens is 1. The largest absolute Gasteiger partial charge is 0.344 e. The van der Waals surface area contributed by atoms with Crippen molar-refractivity contribution in [3.8, 4) is 0 Å². The van der Waals surface area contributed by atoms with Gasteiger partial charge in [0.05, 0.1) is 4.83 Å². The molecule has 0 heterocycles. The molecule has 0 aliphatic carbocycles.